The quantitative estimate of drug-likeness (QED) is 0.639. The van der Waals surface area contributed by atoms with Gasteiger partial charge in [0.1, 0.15) is 5.75 Å². The lowest BCUT2D eigenvalue weighted by Gasteiger charge is -2.30. The first kappa shape index (κ1) is 21.3. The third-order valence-corrected chi connectivity index (χ3v) is 7.72. The Kier molecular flexibility index (Phi) is 6.25. The molecule has 6 nitrogen and oxygen atoms in total. The molecule has 0 spiro atoms. The maximum absolute atomic E-state index is 13.1. The number of methoxy groups -OCH3 is 1. The summed E-state index contributed by atoms with van der Waals surface area (Å²) >= 11 is 0. The number of sulfonamides is 1. The summed E-state index contributed by atoms with van der Waals surface area (Å²) in [5.74, 6) is 0.491. The average molecular weight is 439 g/mol. The molecule has 7 heteroatoms. The Morgan fingerprint density at radius 1 is 1.00 bits per heavy atom. The van der Waals surface area contributed by atoms with E-state index in [2.05, 4.69) is 5.32 Å². The molecule has 0 aromatic heterocycles. The molecule has 0 radical (unpaired) electrons. The molecule has 4 rings (SSSR count). The Hall–Kier alpha value is -2.90. The first-order chi connectivity index (χ1) is 15.0. The van der Waals surface area contributed by atoms with Crippen molar-refractivity contribution in [2.45, 2.75) is 24.3 Å². The predicted octanol–water partition coefficient (Wildman–Crippen LogP) is 3.57. The molecule has 1 aliphatic heterocycles. The van der Waals surface area contributed by atoms with E-state index in [-0.39, 0.29) is 11.8 Å². The fourth-order valence-electron chi connectivity index (χ4n) is 4.01. The van der Waals surface area contributed by atoms with Crippen molar-refractivity contribution in [2.24, 2.45) is 5.92 Å². The molecule has 0 saturated carbocycles. The van der Waals surface area contributed by atoms with Crippen LogP contribution in [0.4, 0.5) is 0 Å². The number of fused-ring (bicyclic) bond motifs is 1. The number of carbonyl (C=O) groups excluding carboxylic acids is 1. The van der Waals surface area contributed by atoms with Gasteiger partial charge in [-0.15, -0.1) is 0 Å². The zero-order valence-electron chi connectivity index (χ0n) is 17.5. The molecule has 0 atom stereocenters. The van der Waals surface area contributed by atoms with Gasteiger partial charge in [-0.05, 0) is 41.8 Å². The van der Waals surface area contributed by atoms with Crippen LogP contribution >= 0.6 is 0 Å². The summed E-state index contributed by atoms with van der Waals surface area (Å²) in [7, 11) is -1.98. The van der Waals surface area contributed by atoms with Crippen LogP contribution in [0.3, 0.4) is 0 Å². The van der Waals surface area contributed by atoms with Gasteiger partial charge >= 0.3 is 0 Å². The van der Waals surface area contributed by atoms with Gasteiger partial charge in [-0.1, -0.05) is 48.5 Å². The number of ether oxygens (including phenoxy) is 1. The second-order valence-corrected chi connectivity index (χ2v) is 9.65. The van der Waals surface area contributed by atoms with Gasteiger partial charge in [0.2, 0.25) is 15.9 Å². The van der Waals surface area contributed by atoms with Crippen molar-refractivity contribution < 1.29 is 17.9 Å². The summed E-state index contributed by atoms with van der Waals surface area (Å²) in [6.07, 6.45) is 1.01. The molecule has 1 saturated heterocycles. The second-order valence-electron chi connectivity index (χ2n) is 7.72. The molecule has 31 heavy (non-hydrogen) atoms. The molecule has 1 heterocycles. The zero-order valence-corrected chi connectivity index (χ0v) is 18.3. The fraction of sp³-hybridized carbons (Fsp3) is 0.292. The Morgan fingerprint density at radius 2 is 1.68 bits per heavy atom. The second kappa shape index (κ2) is 9.08. The zero-order chi connectivity index (χ0) is 21.8. The number of para-hydroxylation sites is 1. The van der Waals surface area contributed by atoms with Crippen LogP contribution in [0.1, 0.15) is 18.4 Å². The lowest BCUT2D eigenvalue weighted by Crippen LogP contribution is -2.42. The van der Waals surface area contributed by atoms with E-state index in [1.165, 1.54) is 4.31 Å². The Bertz CT molecular complexity index is 1180. The molecule has 1 N–H and O–H groups in total. The van der Waals surface area contributed by atoms with Crippen LogP contribution in [0.15, 0.2) is 71.6 Å². The van der Waals surface area contributed by atoms with Gasteiger partial charge in [0.25, 0.3) is 0 Å². The van der Waals surface area contributed by atoms with Crippen molar-refractivity contribution in [3.63, 3.8) is 0 Å². The Labute approximate surface area is 182 Å². The lowest BCUT2D eigenvalue weighted by atomic mass is 9.97. The molecule has 162 valence electrons. The number of piperidine rings is 1. The van der Waals surface area contributed by atoms with E-state index in [1.807, 2.05) is 54.6 Å². The van der Waals surface area contributed by atoms with Crippen LogP contribution in [0.5, 0.6) is 5.75 Å². The maximum atomic E-state index is 13.1. The Morgan fingerprint density at radius 3 is 2.42 bits per heavy atom. The molecule has 1 amide bonds. The van der Waals surface area contributed by atoms with Crippen LogP contribution in [0.2, 0.25) is 0 Å². The van der Waals surface area contributed by atoms with Crippen LogP contribution < -0.4 is 10.1 Å². The number of rotatable bonds is 6. The number of nitrogens with one attached hydrogen (secondary N) is 1. The summed E-state index contributed by atoms with van der Waals surface area (Å²) in [6, 6.07) is 20.5. The number of carbonyl (C=O) groups is 1. The van der Waals surface area contributed by atoms with E-state index in [4.69, 9.17) is 4.74 Å². The van der Waals surface area contributed by atoms with Gasteiger partial charge in [-0.25, -0.2) is 8.42 Å². The first-order valence-electron chi connectivity index (χ1n) is 10.4. The summed E-state index contributed by atoms with van der Waals surface area (Å²) in [6.45, 7) is 1.06. The SMILES string of the molecule is COc1ccccc1CNC(=O)C1CCN(S(=O)(=O)c2ccc3ccccc3c2)CC1. The summed E-state index contributed by atoms with van der Waals surface area (Å²) in [4.78, 5) is 12.9. The molecular weight excluding hydrogens is 412 g/mol. The Balaban J connectivity index is 1.37. The van der Waals surface area contributed by atoms with E-state index in [1.54, 1.807) is 19.2 Å². The molecule has 0 unspecified atom stereocenters. The highest BCUT2D eigenvalue weighted by atomic mass is 32.2. The van der Waals surface area contributed by atoms with Crippen molar-refractivity contribution in [3.8, 4) is 5.75 Å². The molecule has 1 fully saturated rings. The lowest BCUT2D eigenvalue weighted by molar-refractivity contribution is -0.126. The standard InChI is InChI=1S/C24H26N2O4S/c1-30-23-9-5-4-8-21(23)17-25-24(27)19-12-14-26(15-13-19)31(28,29)22-11-10-18-6-2-3-7-20(18)16-22/h2-11,16,19H,12-15,17H2,1H3,(H,25,27). The summed E-state index contributed by atoms with van der Waals surface area (Å²) < 4.78 is 33.0. The van der Waals surface area contributed by atoms with Crippen LogP contribution in [0, 0.1) is 5.92 Å². The molecule has 1 aliphatic rings. The van der Waals surface area contributed by atoms with Gasteiger partial charge in [0.15, 0.2) is 0 Å². The van der Waals surface area contributed by atoms with Crippen LogP contribution in [0.25, 0.3) is 10.8 Å². The van der Waals surface area contributed by atoms with Crippen molar-refractivity contribution in [3.05, 3.63) is 72.3 Å². The minimum absolute atomic E-state index is 0.0475. The molecule has 3 aromatic rings. The van der Waals surface area contributed by atoms with Crippen LogP contribution in [-0.2, 0) is 21.4 Å². The predicted molar refractivity (Wildman–Crippen MR) is 120 cm³/mol. The van der Waals surface area contributed by atoms with Gasteiger partial charge in [-0.2, -0.15) is 4.31 Å². The van der Waals surface area contributed by atoms with Crippen molar-refractivity contribution in [2.75, 3.05) is 20.2 Å². The van der Waals surface area contributed by atoms with E-state index >= 15 is 0 Å². The molecule has 3 aromatic carbocycles. The smallest absolute Gasteiger partial charge is 0.243 e. The summed E-state index contributed by atoms with van der Waals surface area (Å²) in [5.41, 5.74) is 0.912. The maximum Gasteiger partial charge on any atom is 0.243 e. The molecule has 0 aliphatic carbocycles. The van der Waals surface area contributed by atoms with Gasteiger partial charge < -0.3 is 10.1 Å². The van der Waals surface area contributed by atoms with E-state index < -0.39 is 10.0 Å². The van der Waals surface area contributed by atoms with Crippen molar-refractivity contribution in [1.29, 1.82) is 0 Å². The third kappa shape index (κ3) is 4.57. The highest BCUT2D eigenvalue weighted by molar-refractivity contribution is 7.89. The minimum atomic E-state index is -3.58. The number of hydrogen-bond donors (Lipinski definition) is 1. The van der Waals surface area contributed by atoms with Crippen molar-refractivity contribution in [1.82, 2.24) is 9.62 Å². The average Bonchev–Trinajstić information content (AvgIpc) is 2.82. The third-order valence-electron chi connectivity index (χ3n) is 5.83. The minimum Gasteiger partial charge on any atom is -0.496 e. The van der Waals surface area contributed by atoms with E-state index in [0.29, 0.717) is 37.4 Å². The first-order valence-corrected chi connectivity index (χ1v) is 11.8. The largest absolute Gasteiger partial charge is 0.496 e. The van der Waals surface area contributed by atoms with Gasteiger partial charge in [-0.3, -0.25) is 4.79 Å². The highest BCUT2D eigenvalue weighted by Crippen LogP contribution is 2.26. The monoisotopic (exact) mass is 438 g/mol. The van der Waals surface area contributed by atoms with Gasteiger partial charge in [0, 0.05) is 31.1 Å². The van der Waals surface area contributed by atoms with Crippen LogP contribution in [-0.4, -0.2) is 38.8 Å². The number of hydrogen-bond acceptors (Lipinski definition) is 4. The highest BCUT2D eigenvalue weighted by Gasteiger charge is 2.32. The van der Waals surface area contributed by atoms with E-state index in [9.17, 15) is 13.2 Å². The number of benzene rings is 3. The fourth-order valence-corrected chi connectivity index (χ4v) is 5.52. The van der Waals surface area contributed by atoms with Gasteiger partial charge in [0.05, 0.1) is 12.0 Å². The topological polar surface area (TPSA) is 75.7 Å². The number of nitrogens with zero attached hydrogens (tertiary/aromatic N) is 1. The number of amides is 1. The van der Waals surface area contributed by atoms with Crippen molar-refractivity contribution >= 4 is 26.7 Å². The van der Waals surface area contributed by atoms with E-state index in [0.717, 1.165) is 22.1 Å². The molecule has 0 bridgehead atoms. The molecular formula is C24H26N2O4S. The normalized spacial score (nSPS) is 15.6. The summed E-state index contributed by atoms with van der Waals surface area (Å²) in [5, 5.41) is 4.87.